The number of hydrogen-bond donors (Lipinski definition) is 4. The van der Waals surface area contributed by atoms with Crippen molar-refractivity contribution in [3.8, 4) is 0 Å². The second kappa shape index (κ2) is 19.1. The Bertz CT molecular complexity index is 3040. The zero-order chi connectivity index (χ0) is 45.9. The van der Waals surface area contributed by atoms with Gasteiger partial charge in [0.15, 0.2) is 0 Å². The number of benzene rings is 8. The second-order valence-corrected chi connectivity index (χ2v) is 24.5. The van der Waals surface area contributed by atoms with E-state index in [-0.39, 0.29) is 19.6 Å². The first-order valence-corrected chi connectivity index (χ1v) is 27.8. The van der Waals surface area contributed by atoms with Crippen LogP contribution in [0.25, 0.3) is 21.5 Å². The first-order chi connectivity index (χ1) is 30.2. The van der Waals surface area contributed by atoms with E-state index in [1.54, 1.807) is 48.5 Å². The van der Waals surface area contributed by atoms with Gasteiger partial charge in [-0.15, -0.1) is 0 Å². The normalized spacial score (nSPS) is 12.3. The van der Waals surface area contributed by atoms with Crippen molar-refractivity contribution in [2.45, 2.75) is 31.9 Å². The van der Waals surface area contributed by atoms with E-state index in [4.69, 9.17) is 0 Å². The van der Waals surface area contributed by atoms with E-state index >= 15 is 0 Å². The Morgan fingerprint density at radius 1 is 0.297 bits per heavy atom. The zero-order valence-corrected chi connectivity index (χ0v) is 38.4. The largest absolute Gasteiger partial charge is 0.294 e. The zero-order valence-electron chi connectivity index (χ0n) is 33.3. The van der Waals surface area contributed by atoms with Crippen LogP contribution in [0, 0.1) is 0 Å². The lowest BCUT2D eigenvalue weighted by atomic mass is 10.1. The van der Waals surface area contributed by atoms with Crippen molar-refractivity contribution in [3.05, 3.63) is 193 Å². The smallest absolute Gasteiger partial charge is 0.282 e. The summed E-state index contributed by atoms with van der Waals surface area (Å²) in [5.41, 5.74) is 2.15. The molecule has 0 aliphatic rings. The molecule has 0 aromatic heterocycles. The van der Waals surface area contributed by atoms with Crippen LogP contribution in [0.1, 0.15) is 11.1 Å². The molecule has 0 spiro atoms. The van der Waals surface area contributed by atoms with E-state index in [1.807, 2.05) is 72.8 Å². The molecule has 0 amide bonds. The highest BCUT2D eigenvalue weighted by Gasteiger charge is 2.20. The molecule has 0 atom stereocenters. The second-order valence-electron chi connectivity index (χ2n) is 14.4. The third kappa shape index (κ3) is 11.7. The third-order valence-electron chi connectivity index (χ3n) is 10.1. The molecule has 0 aliphatic carbocycles. The van der Waals surface area contributed by atoms with Crippen molar-refractivity contribution in [2.24, 2.45) is 0 Å². The summed E-state index contributed by atoms with van der Waals surface area (Å²) >= 11 is 0. The summed E-state index contributed by atoms with van der Waals surface area (Å²) < 4.78 is 128. The first-order valence-electron chi connectivity index (χ1n) is 19.0. The minimum atomic E-state index is -4.30. The Morgan fingerprint density at radius 3 is 0.766 bits per heavy atom. The van der Waals surface area contributed by atoms with Crippen LogP contribution in [0.15, 0.2) is 202 Å². The molecule has 8 rings (SSSR count). The van der Waals surface area contributed by atoms with Crippen LogP contribution in [-0.4, -0.2) is 51.9 Å². The minimum Gasteiger partial charge on any atom is -0.282 e. The summed E-state index contributed by atoms with van der Waals surface area (Å²) in [6.07, 6.45) is 1.27. The van der Waals surface area contributed by atoms with Crippen molar-refractivity contribution in [1.29, 1.82) is 0 Å². The molecule has 0 aliphatic heterocycles. The van der Waals surface area contributed by atoms with Crippen molar-refractivity contribution in [2.75, 3.05) is 0 Å². The van der Waals surface area contributed by atoms with Crippen LogP contribution in [-0.2, 0) is 52.8 Å². The van der Waals surface area contributed by atoms with Gasteiger partial charge in [0.1, 0.15) is 0 Å². The fourth-order valence-corrected chi connectivity index (χ4v) is 13.3. The lowest BCUT2D eigenvalue weighted by molar-refractivity contribution is 0.481. The van der Waals surface area contributed by atoms with Gasteiger partial charge in [0.05, 0.1) is 19.6 Å². The maximum Gasteiger partial charge on any atom is 0.294 e. The maximum absolute atomic E-state index is 11.4. The predicted molar refractivity (Wildman–Crippen MR) is 253 cm³/mol. The molecule has 0 heterocycles. The third-order valence-corrected chi connectivity index (χ3v) is 18.6. The Kier molecular flexibility index (Phi) is 13.9. The molecule has 0 saturated heterocycles. The first kappa shape index (κ1) is 46.8. The lowest BCUT2D eigenvalue weighted by Gasteiger charge is -2.20. The molecule has 8 aromatic carbocycles. The average molecular weight is 973 g/mol. The van der Waals surface area contributed by atoms with Gasteiger partial charge in [-0.1, -0.05) is 133 Å². The molecule has 0 radical (unpaired) electrons. The van der Waals surface area contributed by atoms with Crippen molar-refractivity contribution in [1.82, 2.24) is 0 Å². The molecular formula is C46H38O12P2S4. The fraction of sp³-hybridized carbons (Fsp3) is 0.0435. The lowest BCUT2D eigenvalue weighted by Crippen LogP contribution is -2.14. The standard InChI is InChI=1S/2C23H19O6PS2/c2*24-31(25,26)22-11-7-20(8-12-22)30(21-9-13-23(14-10-21)32(27,28)29)16-17-5-6-18-3-1-2-4-19(18)15-17/h2*1-15H,16H2,(H,24,25,26)(H,27,28,29). The van der Waals surface area contributed by atoms with E-state index in [2.05, 4.69) is 12.1 Å². The van der Waals surface area contributed by atoms with Gasteiger partial charge < -0.3 is 0 Å². The van der Waals surface area contributed by atoms with Gasteiger partial charge in [-0.25, -0.2) is 0 Å². The fourth-order valence-electron chi connectivity index (χ4n) is 6.89. The topological polar surface area (TPSA) is 217 Å². The highest BCUT2D eigenvalue weighted by atomic mass is 32.2. The molecule has 328 valence electrons. The highest BCUT2D eigenvalue weighted by molar-refractivity contribution is 7.86. The van der Waals surface area contributed by atoms with Gasteiger partial charge >= 0.3 is 0 Å². The monoisotopic (exact) mass is 972 g/mol. The van der Waals surface area contributed by atoms with E-state index in [0.717, 1.165) is 53.9 Å². The van der Waals surface area contributed by atoms with Crippen LogP contribution in [0.4, 0.5) is 0 Å². The van der Waals surface area contributed by atoms with Gasteiger partial charge in [0, 0.05) is 12.3 Å². The Labute approximate surface area is 373 Å². The molecule has 64 heavy (non-hydrogen) atoms. The summed E-state index contributed by atoms with van der Waals surface area (Å²) in [6, 6.07) is 52.5. The van der Waals surface area contributed by atoms with E-state index in [9.17, 15) is 51.9 Å². The Hall–Kier alpha value is -5.22. The number of rotatable bonds is 12. The van der Waals surface area contributed by atoms with Gasteiger partial charge in [-0.2, -0.15) is 33.7 Å². The van der Waals surface area contributed by atoms with E-state index in [1.165, 1.54) is 48.5 Å². The van der Waals surface area contributed by atoms with E-state index in [0.29, 0.717) is 12.3 Å². The summed E-state index contributed by atoms with van der Waals surface area (Å²) in [6.45, 7) is 0. The van der Waals surface area contributed by atoms with Crippen molar-refractivity contribution in [3.63, 3.8) is 0 Å². The molecule has 4 N–H and O–H groups in total. The highest BCUT2D eigenvalue weighted by Crippen LogP contribution is 2.40. The molecule has 0 bridgehead atoms. The van der Waals surface area contributed by atoms with Crippen LogP contribution in [0.2, 0.25) is 0 Å². The molecule has 12 nitrogen and oxygen atoms in total. The summed E-state index contributed by atoms with van der Waals surface area (Å²) in [4.78, 5) is -0.764. The minimum absolute atomic E-state index is 0.191. The SMILES string of the molecule is O=S(=O)(O)c1ccc(P(Cc2ccc3ccccc3c2)c2ccc(S(=O)(=O)O)cc2)cc1.O=S(=O)(O)c1ccc(P(Cc2ccc3ccccc3c2)c2ccc(S(=O)(=O)O)cc2)cc1. The number of fused-ring (bicyclic) bond motifs is 2. The predicted octanol–water partition coefficient (Wildman–Crippen LogP) is 7.93. The van der Waals surface area contributed by atoms with Gasteiger partial charge in [0.2, 0.25) is 0 Å². The molecular weight excluding hydrogens is 935 g/mol. The van der Waals surface area contributed by atoms with Crippen LogP contribution in [0.5, 0.6) is 0 Å². The molecule has 8 aromatic rings. The number of hydrogen-bond acceptors (Lipinski definition) is 8. The average Bonchev–Trinajstić information content (AvgIpc) is 3.26. The van der Waals surface area contributed by atoms with Crippen molar-refractivity contribution >= 4 is 99.1 Å². The quantitative estimate of drug-likeness (QED) is 0.0678. The van der Waals surface area contributed by atoms with E-state index < -0.39 is 56.3 Å². The van der Waals surface area contributed by atoms with Crippen LogP contribution < -0.4 is 21.2 Å². The van der Waals surface area contributed by atoms with Crippen molar-refractivity contribution < 1.29 is 51.9 Å². The van der Waals surface area contributed by atoms with Gasteiger partial charge in [0.25, 0.3) is 40.5 Å². The maximum atomic E-state index is 11.4. The Balaban J connectivity index is 0.000000191. The molecule has 0 unspecified atom stereocenters. The molecule has 0 saturated carbocycles. The van der Waals surface area contributed by atoms with Crippen LogP contribution in [0.3, 0.4) is 0 Å². The summed E-state index contributed by atoms with van der Waals surface area (Å²) in [7, 11) is -19.3. The summed E-state index contributed by atoms with van der Waals surface area (Å²) in [5.74, 6) is 0. The van der Waals surface area contributed by atoms with Gasteiger partial charge in [-0.05, 0) is 118 Å². The molecule has 18 heteroatoms. The van der Waals surface area contributed by atoms with Crippen LogP contribution >= 0.6 is 15.8 Å². The Morgan fingerprint density at radius 2 is 0.531 bits per heavy atom. The van der Waals surface area contributed by atoms with Gasteiger partial charge in [-0.3, -0.25) is 18.2 Å². The summed E-state index contributed by atoms with van der Waals surface area (Å²) in [5, 5.41) is 7.89. The molecule has 0 fully saturated rings.